The van der Waals surface area contributed by atoms with Crippen molar-refractivity contribution in [2.75, 3.05) is 19.0 Å². The molecule has 1 aromatic heterocycles. The molecule has 3 N–H and O–H groups in total. The Labute approximate surface area is 95.6 Å². The highest BCUT2D eigenvalue weighted by atomic mass is 16.2. The van der Waals surface area contributed by atoms with E-state index in [4.69, 9.17) is 5.84 Å². The number of hydrogen-bond donors (Lipinski definition) is 2. The van der Waals surface area contributed by atoms with E-state index in [0.29, 0.717) is 11.3 Å². The molecule has 1 aromatic rings. The molecule has 1 amide bonds. The molecular formula is C11H18N4O. The van der Waals surface area contributed by atoms with Crippen molar-refractivity contribution in [1.82, 2.24) is 9.88 Å². The number of anilines is 1. The number of nitrogens with one attached hydrogen (secondary N) is 1. The number of pyridine rings is 1. The van der Waals surface area contributed by atoms with Crippen LogP contribution in [0.15, 0.2) is 12.3 Å². The lowest BCUT2D eigenvalue weighted by molar-refractivity contribution is 0.0795. The zero-order valence-corrected chi connectivity index (χ0v) is 9.95. The number of hydrogen-bond acceptors (Lipinski definition) is 4. The Morgan fingerprint density at radius 1 is 1.62 bits per heavy atom. The molecule has 5 heteroatoms. The number of nitrogens with zero attached hydrogens (tertiary/aromatic N) is 2. The van der Waals surface area contributed by atoms with E-state index in [0.717, 1.165) is 18.7 Å². The van der Waals surface area contributed by atoms with Crippen molar-refractivity contribution in [2.24, 2.45) is 5.84 Å². The molecule has 1 rings (SSSR count). The summed E-state index contributed by atoms with van der Waals surface area (Å²) in [7, 11) is 1.77. The van der Waals surface area contributed by atoms with Gasteiger partial charge in [-0.25, -0.2) is 0 Å². The first kappa shape index (κ1) is 12.4. The molecule has 0 aliphatic rings. The Balaban J connectivity index is 2.98. The van der Waals surface area contributed by atoms with Crippen LogP contribution in [0.1, 0.15) is 29.4 Å². The van der Waals surface area contributed by atoms with Crippen LogP contribution < -0.4 is 11.3 Å². The maximum Gasteiger partial charge on any atom is 0.257 e. The van der Waals surface area contributed by atoms with E-state index < -0.39 is 0 Å². The minimum absolute atomic E-state index is 0.0673. The van der Waals surface area contributed by atoms with Gasteiger partial charge in [0.2, 0.25) is 0 Å². The second-order valence-corrected chi connectivity index (χ2v) is 3.74. The van der Waals surface area contributed by atoms with E-state index in [1.165, 1.54) is 0 Å². The van der Waals surface area contributed by atoms with Gasteiger partial charge in [-0.3, -0.25) is 15.6 Å². The summed E-state index contributed by atoms with van der Waals surface area (Å²) in [5.41, 5.74) is 4.46. The molecule has 0 aromatic carbocycles. The van der Waals surface area contributed by atoms with Gasteiger partial charge in [-0.15, -0.1) is 0 Å². The average Bonchev–Trinajstić information content (AvgIpc) is 2.28. The minimum atomic E-state index is -0.0673. The molecule has 0 aliphatic carbocycles. The number of nitrogens with two attached hydrogens (primary N) is 1. The minimum Gasteiger partial charge on any atom is -0.342 e. The van der Waals surface area contributed by atoms with Gasteiger partial charge in [-0.2, -0.15) is 0 Å². The topological polar surface area (TPSA) is 71.2 Å². The molecule has 0 aliphatic heterocycles. The number of nitrogen functional groups attached to an aromatic ring is 1. The first-order valence-corrected chi connectivity index (χ1v) is 5.28. The predicted molar refractivity (Wildman–Crippen MR) is 64.0 cm³/mol. The number of hydrazine groups is 1. The molecule has 88 valence electrons. The standard InChI is InChI=1S/C11H18N4O/c1-4-5-15(3)11(16)9-7-13-8(2)6-10(9)14-12/h6-7H,4-5,12H2,1-3H3,(H,13,14). The normalized spacial score (nSPS) is 10.0. The summed E-state index contributed by atoms with van der Waals surface area (Å²) in [4.78, 5) is 17.8. The lowest BCUT2D eigenvalue weighted by Gasteiger charge is -2.17. The number of carbonyl (C=O) groups is 1. The summed E-state index contributed by atoms with van der Waals surface area (Å²) in [6.45, 7) is 4.60. The summed E-state index contributed by atoms with van der Waals surface area (Å²) >= 11 is 0. The highest BCUT2D eigenvalue weighted by Gasteiger charge is 2.15. The van der Waals surface area contributed by atoms with Crippen molar-refractivity contribution in [1.29, 1.82) is 0 Å². The SMILES string of the molecule is CCCN(C)C(=O)c1cnc(C)cc1NN. The summed E-state index contributed by atoms with van der Waals surface area (Å²) in [5, 5.41) is 0. The van der Waals surface area contributed by atoms with Crippen molar-refractivity contribution in [3.05, 3.63) is 23.5 Å². The fourth-order valence-electron chi connectivity index (χ4n) is 1.49. The highest BCUT2D eigenvalue weighted by molar-refractivity contribution is 5.99. The maximum absolute atomic E-state index is 12.0. The van der Waals surface area contributed by atoms with E-state index in [1.807, 2.05) is 13.8 Å². The summed E-state index contributed by atoms with van der Waals surface area (Å²) in [5.74, 6) is 5.32. The molecule has 0 saturated carbocycles. The summed E-state index contributed by atoms with van der Waals surface area (Å²) in [6.07, 6.45) is 2.48. The molecule has 5 nitrogen and oxygen atoms in total. The van der Waals surface area contributed by atoms with E-state index in [9.17, 15) is 4.79 Å². The Bertz CT molecular complexity index is 378. The third-order valence-electron chi connectivity index (χ3n) is 2.33. The Hall–Kier alpha value is -1.62. The van der Waals surface area contributed by atoms with Crippen LogP contribution in [-0.2, 0) is 0 Å². The average molecular weight is 222 g/mol. The van der Waals surface area contributed by atoms with Crippen molar-refractivity contribution in [2.45, 2.75) is 20.3 Å². The van der Waals surface area contributed by atoms with Gasteiger partial charge < -0.3 is 10.3 Å². The van der Waals surface area contributed by atoms with E-state index in [-0.39, 0.29) is 5.91 Å². The van der Waals surface area contributed by atoms with Crippen LogP contribution in [0.2, 0.25) is 0 Å². The van der Waals surface area contributed by atoms with Crippen molar-refractivity contribution < 1.29 is 4.79 Å². The van der Waals surface area contributed by atoms with E-state index in [2.05, 4.69) is 10.4 Å². The Morgan fingerprint density at radius 3 is 2.88 bits per heavy atom. The van der Waals surface area contributed by atoms with Gasteiger partial charge in [0, 0.05) is 25.5 Å². The third-order valence-corrected chi connectivity index (χ3v) is 2.33. The molecule has 0 fully saturated rings. The number of aromatic nitrogens is 1. The molecule has 16 heavy (non-hydrogen) atoms. The summed E-state index contributed by atoms with van der Waals surface area (Å²) < 4.78 is 0. The molecule has 0 atom stereocenters. The van der Waals surface area contributed by atoms with Crippen LogP contribution in [0.4, 0.5) is 5.69 Å². The lowest BCUT2D eigenvalue weighted by atomic mass is 10.2. The van der Waals surface area contributed by atoms with Crippen molar-refractivity contribution in [3.63, 3.8) is 0 Å². The van der Waals surface area contributed by atoms with Crippen LogP contribution in [0, 0.1) is 6.92 Å². The molecule has 0 spiro atoms. The zero-order valence-electron chi connectivity index (χ0n) is 9.95. The summed E-state index contributed by atoms with van der Waals surface area (Å²) in [6, 6.07) is 1.76. The number of aryl methyl sites for hydroxylation is 1. The van der Waals surface area contributed by atoms with Crippen molar-refractivity contribution in [3.8, 4) is 0 Å². The van der Waals surface area contributed by atoms with Crippen molar-refractivity contribution >= 4 is 11.6 Å². The molecule has 0 saturated heterocycles. The van der Waals surface area contributed by atoms with Gasteiger partial charge in [-0.05, 0) is 19.4 Å². The highest BCUT2D eigenvalue weighted by Crippen LogP contribution is 2.16. The van der Waals surface area contributed by atoms with Crippen LogP contribution in [0.25, 0.3) is 0 Å². The predicted octanol–water partition coefficient (Wildman–Crippen LogP) is 1.16. The number of carbonyl (C=O) groups excluding carboxylic acids is 1. The van der Waals surface area contributed by atoms with Crippen LogP contribution >= 0.6 is 0 Å². The molecule has 0 unspecified atom stereocenters. The van der Waals surface area contributed by atoms with Gasteiger partial charge in [0.05, 0.1) is 11.3 Å². The van der Waals surface area contributed by atoms with Crippen LogP contribution in [0.5, 0.6) is 0 Å². The smallest absolute Gasteiger partial charge is 0.257 e. The maximum atomic E-state index is 12.0. The van der Waals surface area contributed by atoms with Gasteiger partial charge in [0.1, 0.15) is 0 Å². The zero-order chi connectivity index (χ0) is 12.1. The number of amides is 1. The number of rotatable bonds is 4. The largest absolute Gasteiger partial charge is 0.342 e. The fourth-order valence-corrected chi connectivity index (χ4v) is 1.49. The Morgan fingerprint density at radius 2 is 2.31 bits per heavy atom. The lowest BCUT2D eigenvalue weighted by Crippen LogP contribution is -2.28. The third kappa shape index (κ3) is 2.70. The van der Waals surface area contributed by atoms with Gasteiger partial charge >= 0.3 is 0 Å². The van der Waals surface area contributed by atoms with Gasteiger partial charge in [0.25, 0.3) is 5.91 Å². The molecule has 0 radical (unpaired) electrons. The fraction of sp³-hybridized carbons (Fsp3) is 0.455. The molecule has 0 bridgehead atoms. The second kappa shape index (κ2) is 5.46. The van der Waals surface area contributed by atoms with Gasteiger partial charge in [-0.1, -0.05) is 6.92 Å². The monoisotopic (exact) mass is 222 g/mol. The first-order valence-electron chi connectivity index (χ1n) is 5.28. The quantitative estimate of drug-likeness (QED) is 0.592. The van der Waals surface area contributed by atoms with Crippen LogP contribution in [0.3, 0.4) is 0 Å². The molecular weight excluding hydrogens is 204 g/mol. The first-order chi connectivity index (χ1) is 7.60. The van der Waals surface area contributed by atoms with E-state index >= 15 is 0 Å². The molecule has 1 heterocycles. The van der Waals surface area contributed by atoms with Crippen LogP contribution in [-0.4, -0.2) is 29.4 Å². The van der Waals surface area contributed by atoms with E-state index in [1.54, 1.807) is 24.2 Å². The Kier molecular flexibility index (Phi) is 4.25. The van der Waals surface area contributed by atoms with Gasteiger partial charge in [0.15, 0.2) is 0 Å². The second-order valence-electron chi connectivity index (χ2n) is 3.74.